The third kappa shape index (κ3) is 5.37. The lowest BCUT2D eigenvalue weighted by molar-refractivity contribution is -0.132. The second-order valence-corrected chi connectivity index (χ2v) is 9.83. The molecule has 4 rings (SSSR count). The lowest BCUT2D eigenvalue weighted by Gasteiger charge is -2.24. The number of benzene rings is 2. The van der Waals surface area contributed by atoms with Gasteiger partial charge in [0.25, 0.3) is 5.78 Å². The second kappa shape index (κ2) is 11.7. The Bertz CT molecular complexity index is 1440. The first-order valence-corrected chi connectivity index (χ1v) is 13.4. The number of ketones is 2. The Labute approximate surface area is 230 Å². The van der Waals surface area contributed by atoms with Crippen molar-refractivity contribution in [2.45, 2.75) is 40.2 Å². The summed E-state index contributed by atoms with van der Waals surface area (Å²) in [6, 6.07) is 10.6. The molecular weight excluding hydrogens is 520 g/mol. The zero-order valence-corrected chi connectivity index (χ0v) is 23.3. The number of aliphatic hydroxyl groups excluding tert-OH is 1. The maximum atomic E-state index is 13.5. The summed E-state index contributed by atoms with van der Waals surface area (Å²) in [6.45, 7) is 7.78. The number of methoxy groups -OCH3 is 1. The Morgan fingerprint density at radius 3 is 2.38 bits per heavy atom. The summed E-state index contributed by atoms with van der Waals surface area (Å²) in [7, 11) is 1.52. The number of hydrogen-bond acceptors (Lipinski definition) is 9. The molecule has 204 valence electrons. The van der Waals surface area contributed by atoms with E-state index in [4.69, 9.17) is 14.2 Å². The van der Waals surface area contributed by atoms with Crippen LogP contribution in [0.4, 0.5) is 5.13 Å². The molecule has 0 radical (unpaired) electrons. The molecule has 1 aromatic heterocycles. The van der Waals surface area contributed by atoms with Crippen molar-refractivity contribution in [3.63, 3.8) is 0 Å². The number of nitrogens with zero attached hydrogens (tertiary/aromatic N) is 2. The monoisotopic (exact) mass is 550 g/mol. The van der Waals surface area contributed by atoms with Gasteiger partial charge in [-0.25, -0.2) is 4.98 Å². The number of amides is 1. The van der Waals surface area contributed by atoms with E-state index in [2.05, 4.69) is 4.98 Å². The fourth-order valence-electron chi connectivity index (χ4n) is 4.36. The van der Waals surface area contributed by atoms with Crippen LogP contribution in [0.1, 0.15) is 59.7 Å². The predicted molar refractivity (Wildman–Crippen MR) is 148 cm³/mol. The number of hydrogen-bond donors (Lipinski definition) is 1. The van der Waals surface area contributed by atoms with Gasteiger partial charge in [0.05, 0.1) is 42.5 Å². The highest BCUT2D eigenvalue weighted by Gasteiger charge is 2.48. The number of anilines is 1. The highest BCUT2D eigenvalue weighted by atomic mass is 32.1. The van der Waals surface area contributed by atoms with Crippen LogP contribution < -0.4 is 19.1 Å². The molecule has 1 saturated heterocycles. The summed E-state index contributed by atoms with van der Waals surface area (Å²) in [4.78, 5) is 45.2. The van der Waals surface area contributed by atoms with E-state index < -0.39 is 17.7 Å². The Morgan fingerprint density at radius 2 is 1.79 bits per heavy atom. The molecule has 2 heterocycles. The van der Waals surface area contributed by atoms with Crippen molar-refractivity contribution < 1.29 is 33.7 Å². The van der Waals surface area contributed by atoms with E-state index in [9.17, 15) is 19.5 Å². The highest BCUT2D eigenvalue weighted by Crippen LogP contribution is 2.45. The van der Waals surface area contributed by atoms with Crippen molar-refractivity contribution in [1.29, 1.82) is 0 Å². The van der Waals surface area contributed by atoms with Gasteiger partial charge in [-0.3, -0.25) is 19.3 Å². The van der Waals surface area contributed by atoms with Crippen molar-refractivity contribution >= 4 is 39.7 Å². The number of aromatic nitrogens is 1. The normalized spacial score (nSPS) is 16.4. The average molecular weight is 551 g/mol. The number of rotatable bonds is 10. The molecule has 10 heteroatoms. The number of Topliss-reactive ketones (excluding diaryl/α,β-unsaturated/α-hetero) is 2. The minimum absolute atomic E-state index is 0.105. The lowest BCUT2D eigenvalue weighted by atomic mass is 9.95. The van der Waals surface area contributed by atoms with Gasteiger partial charge in [-0.2, -0.15) is 0 Å². The number of ether oxygens (including phenoxy) is 3. The van der Waals surface area contributed by atoms with Gasteiger partial charge in [-0.1, -0.05) is 24.3 Å². The second-order valence-electron chi connectivity index (χ2n) is 8.85. The van der Waals surface area contributed by atoms with E-state index in [0.29, 0.717) is 52.2 Å². The average Bonchev–Trinajstić information content (AvgIpc) is 3.44. The van der Waals surface area contributed by atoms with Crippen molar-refractivity contribution in [2.75, 3.05) is 25.2 Å². The topological polar surface area (TPSA) is 115 Å². The quantitative estimate of drug-likeness (QED) is 0.153. The van der Waals surface area contributed by atoms with Gasteiger partial charge in [-0.05, 0) is 62.2 Å². The van der Waals surface area contributed by atoms with Gasteiger partial charge in [0.15, 0.2) is 22.4 Å². The van der Waals surface area contributed by atoms with Crippen molar-refractivity contribution in [3.05, 3.63) is 69.7 Å². The number of carbonyl (C=O) groups is 3. The van der Waals surface area contributed by atoms with Gasteiger partial charge < -0.3 is 19.3 Å². The third-order valence-electron chi connectivity index (χ3n) is 6.16. The molecule has 9 nitrogen and oxygen atoms in total. The maximum Gasteiger partial charge on any atom is 0.301 e. The molecule has 2 aromatic carbocycles. The van der Waals surface area contributed by atoms with Crippen LogP contribution in [0.2, 0.25) is 0 Å². The van der Waals surface area contributed by atoms with Gasteiger partial charge in [-0.15, -0.1) is 0 Å². The van der Waals surface area contributed by atoms with E-state index in [0.717, 1.165) is 17.8 Å². The Balaban J connectivity index is 1.93. The van der Waals surface area contributed by atoms with E-state index in [1.807, 2.05) is 13.8 Å². The smallest absolute Gasteiger partial charge is 0.301 e. The number of aryl methyl sites for hydroxylation is 1. The minimum Gasteiger partial charge on any atom is -0.507 e. The fourth-order valence-corrected chi connectivity index (χ4v) is 5.34. The molecule has 1 atom stereocenters. The molecule has 0 bridgehead atoms. The van der Waals surface area contributed by atoms with E-state index in [1.54, 1.807) is 49.4 Å². The summed E-state index contributed by atoms with van der Waals surface area (Å²) in [5.74, 6) is -0.719. The summed E-state index contributed by atoms with van der Waals surface area (Å²) in [5, 5.41) is 11.6. The van der Waals surface area contributed by atoms with Gasteiger partial charge in [0, 0.05) is 12.5 Å². The SMILES string of the molecule is CCCOc1ccc(C2C(=C(O)c3ccc(OC)cc3)C(=O)C(=O)N2c2nc(C)c(C(C)=O)s2)cc1OCC. The molecular formula is C29H30N2O7S. The lowest BCUT2D eigenvalue weighted by Crippen LogP contribution is -2.29. The van der Waals surface area contributed by atoms with E-state index >= 15 is 0 Å². The van der Waals surface area contributed by atoms with Crippen LogP contribution in [0.5, 0.6) is 17.2 Å². The van der Waals surface area contributed by atoms with Gasteiger partial charge in [0.2, 0.25) is 0 Å². The molecule has 1 aliphatic heterocycles. The first-order valence-electron chi connectivity index (χ1n) is 12.5. The Hall–Kier alpha value is -4.18. The van der Waals surface area contributed by atoms with Crippen LogP contribution in [-0.2, 0) is 9.59 Å². The molecule has 1 aliphatic rings. The van der Waals surface area contributed by atoms with Crippen molar-refractivity contribution in [3.8, 4) is 17.2 Å². The van der Waals surface area contributed by atoms with Gasteiger partial charge in [0.1, 0.15) is 11.5 Å². The number of aliphatic hydroxyl groups is 1. The minimum atomic E-state index is -1.03. The summed E-state index contributed by atoms with van der Waals surface area (Å²) < 4.78 is 16.9. The standard InChI is InChI=1S/C29H30N2O7S/c1-6-14-38-21-13-10-19(15-22(21)37-7-2)24-23(25(33)18-8-11-20(36-5)12-9-18)26(34)28(35)31(24)29-30-16(3)27(39-29)17(4)32/h8-13,15,24,33H,6-7,14H2,1-5H3. The van der Waals surface area contributed by atoms with Crippen LogP contribution in [0, 0.1) is 6.92 Å². The van der Waals surface area contributed by atoms with Crippen molar-refractivity contribution in [2.24, 2.45) is 0 Å². The van der Waals surface area contributed by atoms with Crippen LogP contribution in [-0.4, -0.2) is 47.9 Å². The van der Waals surface area contributed by atoms with Crippen LogP contribution >= 0.6 is 11.3 Å². The van der Waals surface area contributed by atoms with E-state index in [1.165, 1.54) is 18.9 Å². The predicted octanol–water partition coefficient (Wildman–Crippen LogP) is 5.48. The number of carbonyl (C=O) groups excluding carboxylic acids is 3. The molecule has 3 aromatic rings. The highest BCUT2D eigenvalue weighted by molar-refractivity contribution is 7.18. The molecule has 0 spiro atoms. The van der Waals surface area contributed by atoms with Crippen LogP contribution in [0.3, 0.4) is 0 Å². The molecule has 1 fully saturated rings. The zero-order chi connectivity index (χ0) is 28.3. The summed E-state index contributed by atoms with van der Waals surface area (Å²) in [5.41, 5.74) is 1.20. The molecule has 1 amide bonds. The maximum absolute atomic E-state index is 13.5. The third-order valence-corrected chi connectivity index (χ3v) is 7.42. The first kappa shape index (κ1) is 27.8. The Morgan fingerprint density at radius 1 is 1.08 bits per heavy atom. The summed E-state index contributed by atoms with van der Waals surface area (Å²) >= 11 is 1.03. The Kier molecular flexibility index (Phi) is 8.35. The molecule has 0 aliphatic carbocycles. The molecule has 0 saturated carbocycles. The van der Waals surface area contributed by atoms with Crippen LogP contribution in [0.25, 0.3) is 5.76 Å². The fraction of sp³-hybridized carbons (Fsp3) is 0.310. The number of thiazole rings is 1. The molecule has 1 N–H and O–H groups in total. The first-order chi connectivity index (χ1) is 18.7. The van der Waals surface area contributed by atoms with Gasteiger partial charge >= 0.3 is 5.91 Å². The van der Waals surface area contributed by atoms with Crippen LogP contribution in [0.15, 0.2) is 48.0 Å². The van der Waals surface area contributed by atoms with Crippen molar-refractivity contribution in [1.82, 2.24) is 4.98 Å². The molecule has 1 unspecified atom stereocenters. The summed E-state index contributed by atoms with van der Waals surface area (Å²) in [6.07, 6.45) is 0.803. The molecule has 39 heavy (non-hydrogen) atoms. The van der Waals surface area contributed by atoms with E-state index in [-0.39, 0.29) is 22.2 Å². The largest absolute Gasteiger partial charge is 0.507 e. The zero-order valence-electron chi connectivity index (χ0n) is 22.4.